The number of nitrogens with zero attached hydrogens (tertiary/aromatic N) is 2. The van der Waals surface area contributed by atoms with Gasteiger partial charge in [-0.05, 0) is 51.6 Å². The number of aromatic nitrogens is 1. The minimum absolute atomic E-state index is 0.236. The van der Waals surface area contributed by atoms with Crippen molar-refractivity contribution in [3.8, 4) is 0 Å². The summed E-state index contributed by atoms with van der Waals surface area (Å²) in [5.74, 6) is 0.236. The largest absolute Gasteiger partial charge is 0.299 e. The Hall–Kier alpha value is -2.43. The van der Waals surface area contributed by atoms with E-state index in [-0.39, 0.29) is 5.78 Å². The molecule has 1 atom stereocenters. The molecule has 154 valence electrons. The van der Waals surface area contributed by atoms with Gasteiger partial charge in [-0.2, -0.15) is 0 Å². The third-order valence-electron chi connectivity index (χ3n) is 6.47. The summed E-state index contributed by atoms with van der Waals surface area (Å²) in [5.41, 5.74) is 3.33. The molecule has 0 saturated carbocycles. The van der Waals surface area contributed by atoms with Gasteiger partial charge in [0.2, 0.25) is 5.52 Å². The molecule has 1 aliphatic heterocycles. The second-order valence-corrected chi connectivity index (χ2v) is 9.90. The molecule has 0 saturated heterocycles. The van der Waals surface area contributed by atoms with Crippen molar-refractivity contribution in [2.75, 3.05) is 13.1 Å². The van der Waals surface area contributed by atoms with Crippen LogP contribution < -0.4 is 9.05 Å². The fourth-order valence-electron chi connectivity index (χ4n) is 4.40. The predicted molar refractivity (Wildman–Crippen MR) is 127 cm³/mol. The lowest BCUT2D eigenvalue weighted by Crippen LogP contribution is -2.52. The molecule has 4 heteroatoms. The highest BCUT2D eigenvalue weighted by atomic mass is 32.2. The van der Waals surface area contributed by atoms with E-state index in [1.54, 1.807) is 6.92 Å². The van der Waals surface area contributed by atoms with Gasteiger partial charge in [0.05, 0.1) is 22.2 Å². The summed E-state index contributed by atoms with van der Waals surface area (Å²) >= 11 is 1.84. The maximum atomic E-state index is 12.5. The Bertz CT molecular complexity index is 1160. The number of hydrogen-bond acceptors (Lipinski definition) is 2. The van der Waals surface area contributed by atoms with E-state index >= 15 is 0 Å². The van der Waals surface area contributed by atoms with Crippen LogP contribution in [-0.4, -0.2) is 18.9 Å². The van der Waals surface area contributed by atoms with Gasteiger partial charge in [0.25, 0.3) is 0 Å². The minimum atomic E-state index is -0.404. The number of carbonyl (C=O) groups is 1. The molecule has 2 aromatic carbocycles. The molecule has 2 heterocycles. The van der Waals surface area contributed by atoms with Crippen LogP contribution in [-0.2, 0) is 11.8 Å². The van der Waals surface area contributed by atoms with Crippen molar-refractivity contribution in [1.29, 1.82) is 0 Å². The molecule has 3 aromatic rings. The molecular weight excluding hydrogens is 388 g/mol. The molecule has 0 bridgehead atoms. The van der Waals surface area contributed by atoms with Crippen molar-refractivity contribution in [2.45, 2.75) is 32.6 Å². The number of aryl methyl sites for hydroxylation is 1. The molecule has 0 aliphatic carbocycles. The highest BCUT2D eigenvalue weighted by Gasteiger charge is 2.47. The normalized spacial score (nSPS) is 20.0. The number of rotatable bonds is 5. The number of fused-ring (bicyclic) bond motifs is 2. The zero-order valence-corrected chi connectivity index (χ0v) is 19.3. The van der Waals surface area contributed by atoms with Crippen LogP contribution in [0.3, 0.4) is 0 Å². The number of carbonyl (C=O) groups excluding carboxylic acids is 1. The molecule has 4 rings (SSSR count). The fraction of sp³-hybridized carbons (Fsp3) is 0.308. The van der Waals surface area contributed by atoms with Crippen LogP contribution in [0.2, 0.25) is 0 Å². The Morgan fingerprint density at radius 1 is 1.10 bits per heavy atom. The fourth-order valence-corrected chi connectivity index (χ4v) is 5.77. The zero-order chi connectivity index (χ0) is 21.5. The molecule has 0 fully saturated rings. The van der Waals surface area contributed by atoms with Crippen molar-refractivity contribution < 1.29 is 9.36 Å². The highest BCUT2D eigenvalue weighted by molar-refractivity contribution is 8.03. The lowest BCUT2D eigenvalue weighted by atomic mass is 9.87. The molecule has 1 aromatic heterocycles. The Morgan fingerprint density at radius 3 is 2.53 bits per heavy atom. The van der Waals surface area contributed by atoms with Crippen molar-refractivity contribution >= 4 is 40.2 Å². The number of pyridine rings is 1. The monoisotopic (exact) mass is 418 g/mol. The van der Waals surface area contributed by atoms with Crippen LogP contribution in [0.5, 0.6) is 0 Å². The average molecular weight is 419 g/mol. The van der Waals surface area contributed by atoms with Crippen LogP contribution in [0.4, 0.5) is 5.69 Å². The SMILES string of the molecule is CC[N+]1(CC(C)(C)C(C)=O)/C(=C/c2cc[n+](C)c3ccccc23)Sc2ccccc21. The molecule has 3 nitrogen and oxygen atoms in total. The molecule has 30 heavy (non-hydrogen) atoms. The first-order valence-corrected chi connectivity index (χ1v) is 11.4. The van der Waals surface area contributed by atoms with Gasteiger partial charge in [-0.1, -0.05) is 24.3 Å². The Morgan fingerprint density at radius 2 is 1.80 bits per heavy atom. The van der Waals surface area contributed by atoms with E-state index in [4.69, 9.17) is 0 Å². The summed E-state index contributed by atoms with van der Waals surface area (Å²) in [6, 6.07) is 19.4. The smallest absolute Gasteiger partial charge is 0.212 e. The maximum absolute atomic E-state index is 12.5. The second-order valence-electron chi connectivity index (χ2n) is 8.83. The number of para-hydroxylation sites is 2. The van der Waals surface area contributed by atoms with Gasteiger partial charge in [-0.3, -0.25) is 9.28 Å². The average Bonchev–Trinajstić information content (AvgIpc) is 3.03. The summed E-state index contributed by atoms with van der Waals surface area (Å²) in [5, 5.41) is 2.53. The maximum Gasteiger partial charge on any atom is 0.212 e. The summed E-state index contributed by atoms with van der Waals surface area (Å²) in [4.78, 5) is 13.7. The first-order chi connectivity index (χ1) is 14.3. The lowest BCUT2D eigenvalue weighted by molar-refractivity contribution is -0.644. The summed E-state index contributed by atoms with van der Waals surface area (Å²) in [6.07, 6.45) is 4.47. The summed E-state index contributed by atoms with van der Waals surface area (Å²) in [6.45, 7) is 9.77. The molecule has 0 N–H and O–H groups in total. The molecule has 1 aliphatic rings. The molecular formula is C26H30N2OS+2. The summed E-state index contributed by atoms with van der Waals surface area (Å²) < 4.78 is 2.87. The van der Waals surface area contributed by atoms with Crippen LogP contribution in [0, 0.1) is 5.41 Å². The number of benzene rings is 2. The number of thioether (sulfide) groups is 1. The molecule has 0 amide bonds. The Labute approximate surface area is 183 Å². The number of Topliss-reactive ketones (excluding diaryl/α,β-unsaturated/α-hetero) is 1. The van der Waals surface area contributed by atoms with Gasteiger partial charge in [0, 0.05) is 29.8 Å². The van der Waals surface area contributed by atoms with Gasteiger partial charge in [-0.25, -0.2) is 4.57 Å². The Kier molecular flexibility index (Phi) is 5.33. The van der Waals surface area contributed by atoms with E-state index in [0.29, 0.717) is 4.48 Å². The standard InChI is InChI=1S/C26H30N2OS/c1-6-28(18-26(3,4)19(2)29)23-13-9-10-14-24(23)30-25(28)17-20-15-16-27(5)22-12-8-7-11-21(20)22/h7-17H,6,18H2,1-5H3/q+2/b25-17-. The van der Waals surface area contributed by atoms with Gasteiger partial charge < -0.3 is 0 Å². The van der Waals surface area contributed by atoms with Crippen molar-refractivity contribution in [2.24, 2.45) is 12.5 Å². The van der Waals surface area contributed by atoms with Crippen LogP contribution in [0.25, 0.3) is 17.0 Å². The first-order valence-electron chi connectivity index (χ1n) is 10.5. The Balaban J connectivity index is 1.93. The van der Waals surface area contributed by atoms with Crippen molar-refractivity contribution in [3.63, 3.8) is 0 Å². The van der Waals surface area contributed by atoms with Crippen molar-refractivity contribution in [3.05, 3.63) is 71.4 Å². The van der Waals surface area contributed by atoms with Crippen LogP contribution in [0.15, 0.2) is 70.7 Å². The molecule has 1 unspecified atom stereocenters. The minimum Gasteiger partial charge on any atom is -0.299 e. The first kappa shape index (κ1) is 20.8. The van der Waals surface area contributed by atoms with Gasteiger partial charge in [0.1, 0.15) is 19.4 Å². The van der Waals surface area contributed by atoms with E-state index in [0.717, 1.165) is 13.1 Å². The highest BCUT2D eigenvalue weighted by Crippen LogP contribution is 2.53. The molecule has 0 spiro atoms. The van der Waals surface area contributed by atoms with E-state index < -0.39 is 5.41 Å². The molecule has 0 radical (unpaired) electrons. The second kappa shape index (κ2) is 7.68. The van der Waals surface area contributed by atoms with E-state index in [9.17, 15) is 4.79 Å². The lowest BCUT2D eigenvalue weighted by Gasteiger charge is -2.39. The van der Waals surface area contributed by atoms with E-state index in [2.05, 4.69) is 99.3 Å². The number of hydrogen-bond donors (Lipinski definition) is 0. The third-order valence-corrected chi connectivity index (χ3v) is 7.71. The third kappa shape index (κ3) is 3.38. The number of ketones is 1. The van der Waals surface area contributed by atoms with Crippen LogP contribution >= 0.6 is 11.8 Å². The topological polar surface area (TPSA) is 20.9 Å². The van der Waals surface area contributed by atoms with Crippen molar-refractivity contribution in [1.82, 2.24) is 4.48 Å². The van der Waals surface area contributed by atoms with Gasteiger partial charge in [0.15, 0.2) is 16.9 Å². The summed E-state index contributed by atoms with van der Waals surface area (Å²) in [7, 11) is 2.08. The predicted octanol–water partition coefficient (Wildman–Crippen LogP) is 5.71. The van der Waals surface area contributed by atoms with E-state index in [1.807, 2.05) is 11.8 Å². The van der Waals surface area contributed by atoms with Crippen LogP contribution in [0.1, 0.15) is 33.3 Å². The quantitative estimate of drug-likeness (QED) is 0.391. The van der Waals surface area contributed by atoms with E-state index in [1.165, 1.54) is 32.1 Å². The number of quaternary nitrogens is 1. The van der Waals surface area contributed by atoms with Gasteiger partial charge >= 0.3 is 0 Å². The van der Waals surface area contributed by atoms with Gasteiger partial charge in [-0.15, -0.1) is 0 Å². The zero-order valence-electron chi connectivity index (χ0n) is 18.5.